The third-order valence-corrected chi connectivity index (χ3v) is 6.19. The topological polar surface area (TPSA) is 128 Å². The number of carbonyl (C=O) groups excluding carboxylic acids is 2. The second kappa shape index (κ2) is 12.6. The van der Waals surface area contributed by atoms with Crippen LogP contribution in [0.2, 0.25) is 0 Å². The number of hydrogen-bond donors (Lipinski definition) is 1. The third-order valence-electron chi connectivity index (χ3n) is 6.19. The number of hydrogen-bond acceptors (Lipinski definition) is 11. The minimum Gasteiger partial charge on any atom is -0.507 e. The molecule has 1 aliphatic heterocycles. The van der Waals surface area contributed by atoms with Crippen LogP contribution in [0.25, 0.3) is 0 Å². The normalized spacial score (nSPS) is 12.7. The van der Waals surface area contributed by atoms with E-state index in [4.69, 9.17) is 37.9 Å². The number of Topliss-reactive ketones (excluding diaryl/α,β-unsaturated/α-hetero) is 1. The van der Waals surface area contributed by atoms with Crippen molar-refractivity contribution in [3.05, 3.63) is 65.2 Å². The number of ether oxygens (including phenoxy) is 8. The van der Waals surface area contributed by atoms with E-state index in [2.05, 4.69) is 0 Å². The van der Waals surface area contributed by atoms with Gasteiger partial charge in [0.1, 0.15) is 29.6 Å². The summed E-state index contributed by atoms with van der Waals surface area (Å²) in [5.41, 5.74) is 0.828. The van der Waals surface area contributed by atoms with E-state index in [1.54, 1.807) is 0 Å². The minimum absolute atomic E-state index is 0.0418. The van der Waals surface area contributed by atoms with E-state index in [9.17, 15) is 14.7 Å². The van der Waals surface area contributed by atoms with Gasteiger partial charge in [0.05, 0.1) is 14.2 Å². The Bertz CT molecular complexity index is 1370. The molecule has 1 N–H and O–H groups in total. The number of phenols is 1. The van der Waals surface area contributed by atoms with Crippen LogP contribution in [0.3, 0.4) is 0 Å². The van der Waals surface area contributed by atoms with Gasteiger partial charge in [-0.3, -0.25) is 9.59 Å². The number of fused-ring (bicyclic) bond motifs is 1. The summed E-state index contributed by atoms with van der Waals surface area (Å²) < 4.78 is 44.5. The van der Waals surface area contributed by atoms with Crippen LogP contribution in [0.1, 0.15) is 34.3 Å². The van der Waals surface area contributed by atoms with E-state index in [0.29, 0.717) is 11.5 Å². The van der Waals surface area contributed by atoms with Crippen LogP contribution >= 0.6 is 0 Å². The summed E-state index contributed by atoms with van der Waals surface area (Å²) in [6, 6.07) is 13.5. The zero-order valence-corrected chi connectivity index (χ0v) is 22.7. The second-order valence-electron chi connectivity index (χ2n) is 8.63. The summed E-state index contributed by atoms with van der Waals surface area (Å²) in [6.07, 6.45) is -1.18. The number of aromatic hydroxyl groups is 1. The molecule has 1 heterocycles. The van der Waals surface area contributed by atoms with Gasteiger partial charge in [0.15, 0.2) is 35.1 Å². The monoisotopic (exact) mass is 554 g/mol. The Morgan fingerprint density at radius 2 is 1.57 bits per heavy atom. The molecule has 0 amide bonds. The number of rotatable bonds is 12. The Morgan fingerprint density at radius 1 is 0.900 bits per heavy atom. The van der Waals surface area contributed by atoms with Crippen LogP contribution in [0.5, 0.6) is 40.2 Å². The third kappa shape index (κ3) is 5.75. The molecule has 3 aromatic carbocycles. The highest BCUT2D eigenvalue weighted by Gasteiger charge is 2.39. The maximum absolute atomic E-state index is 14.5. The lowest BCUT2D eigenvalue weighted by molar-refractivity contribution is -0.131. The van der Waals surface area contributed by atoms with Crippen molar-refractivity contribution in [2.75, 3.05) is 35.2 Å². The smallest absolute Gasteiger partial charge is 0.308 e. The average molecular weight is 555 g/mol. The minimum atomic E-state index is -1.27. The molecular weight excluding hydrogens is 524 g/mol. The van der Waals surface area contributed by atoms with Crippen molar-refractivity contribution >= 4 is 11.8 Å². The lowest BCUT2D eigenvalue weighted by Gasteiger charge is -2.27. The van der Waals surface area contributed by atoms with Gasteiger partial charge in [0.25, 0.3) is 0 Å². The first-order valence-electron chi connectivity index (χ1n) is 12.2. The van der Waals surface area contributed by atoms with Crippen molar-refractivity contribution in [1.29, 1.82) is 0 Å². The van der Waals surface area contributed by atoms with Gasteiger partial charge < -0.3 is 43.0 Å². The Labute approximate surface area is 231 Å². The molecule has 4 rings (SSSR count). The van der Waals surface area contributed by atoms with Crippen LogP contribution < -0.4 is 28.4 Å². The first-order chi connectivity index (χ1) is 19.3. The number of benzene rings is 3. The quantitative estimate of drug-likeness (QED) is 0.149. The van der Waals surface area contributed by atoms with Crippen LogP contribution in [0.4, 0.5) is 0 Å². The molecule has 1 atom stereocenters. The van der Waals surface area contributed by atoms with Crippen molar-refractivity contribution in [3.8, 4) is 40.2 Å². The van der Waals surface area contributed by atoms with Crippen LogP contribution in [-0.2, 0) is 20.9 Å². The highest BCUT2D eigenvalue weighted by molar-refractivity contribution is 6.07. The summed E-state index contributed by atoms with van der Waals surface area (Å²) in [7, 11) is 5.45. The van der Waals surface area contributed by atoms with Gasteiger partial charge in [-0.2, -0.15) is 0 Å². The van der Waals surface area contributed by atoms with Gasteiger partial charge in [-0.05, 0) is 11.6 Å². The molecule has 11 nitrogen and oxygen atoms in total. The number of phenolic OH excluding ortho intramolecular Hbond substituents is 1. The highest BCUT2D eigenvalue weighted by atomic mass is 16.7. The molecule has 11 heteroatoms. The fraction of sp³-hybridized carbons (Fsp3) is 0.310. The molecular formula is C29H30O11. The molecule has 3 aromatic rings. The summed E-state index contributed by atoms with van der Waals surface area (Å²) >= 11 is 0. The fourth-order valence-corrected chi connectivity index (χ4v) is 4.41. The van der Waals surface area contributed by atoms with Gasteiger partial charge >= 0.3 is 5.97 Å². The maximum atomic E-state index is 14.5. The van der Waals surface area contributed by atoms with E-state index < -0.39 is 24.0 Å². The highest BCUT2D eigenvalue weighted by Crippen LogP contribution is 2.49. The Morgan fingerprint density at radius 3 is 2.17 bits per heavy atom. The predicted octanol–water partition coefficient (Wildman–Crippen LogP) is 4.23. The lowest BCUT2D eigenvalue weighted by atomic mass is 9.87. The Balaban J connectivity index is 1.91. The zero-order chi connectivity index (χ0) is 28.8. The van der Waals surface area contributed by atoms with Crippen molar-refractivity contribution in [2.45, 2.75) is 25.7 Å². The standard InChI is InChI=1S/C29H30O11/c1-16(30)40-22-13-23(33-2)27(37-14-17-9-7-6-8-10-17)28(34-3)25(22)26(32)24(29(35-4)36-5)18-11-20-21(12-19(18)31)39-15-38-20/h6-13,24,29,31H,14-15H2,1-5H3/t24-/m0/s1. The molecule has 0 bridgehead atoms. The van der Waals surface area contributed by atoms with Crippen molar-refractivity contribution in [3.63, 3.8) is 0 Å². The fourth-order valence-electron chi connectivity index (χ4n) is 4.41. The Kier molecular flexibility index (Phi) is 8.97. The molecule has 0 saturated carbocycles. The van der Waals surface area contributed by atoms with Crippen LogP contribution in [0.15, 0.2) is 48.5 Å². The van der Waals surface area contributed by atoms with Crippen molar-refractivity contribution in [2.24, 2.45) is 0 Å². The number of carbonyl (C=O) groups is 2. The van der Waals surface area contributed by atoms with E-state index in [-0.39, 0.29) is 53.3 Å². The molecule has 0 unspecified atom stereocenters. The first kappa shape index (κ1) is 28.5. The van der Waals surface area contributed by atoms with Gasteiger partial charge in [0.2, 0.25) is 12.5 Å². The van der Waals surface area contributed by atoms with Crippen molar-refractivity contribution < 1.29 is 52.6 Å². The largest absolute Gasteiger partial charge is 0.507 e. The molecule has 40 heavy (non-hydrogen) atoms. The Hall–Kier alpha value is -4.48. The maximum Gasteiger partial charge on any atom is 0.308 e. The SMILES string of the molecule is COc1cc(OC(C)=O)c(C(=O)[C@H](c2cc3c(cc2O)OCO3)C(OC)OC)c(OC)c1OCc1ccccc1. The predicted molar refractivity (Wildman–Crippen MR) is 141 cm³/mol. The van der Waals surface area contributed by atoms with E-state index >= 15 is 0 Å². The van der Waals surface area contributed by atoms with Gasteiger partial charge in [-0.15, -0.1) is 0 Å². The summed E-state index contributed by atoms with van der Waals surface area (Å²) in [4.78, 5) is 26.5. The van der Waals surface area contributed by atoms with Gasteiger partial charge in [-0.1, -0.05) is 30.3 Å². The van der Waals surface area contributed by atoms with Crippen LogP contribution in [0, 0.1) is 0 Å². The first-order valence-corrected chi connectivity index (χ1v) is 12.2. The van der Waals surface area contributed by atoms with E-state index in [1.807, 2.05) is 30.3 Å². The molecule has 0 radical (unpaired) electrons. The molecule has 0 spiro atoms. The van der Waals surface area contributed by atoms with Crippen molar-refractivity contribution in [1.82, 2.24) is 0 Å². The molecule has 0 aliphatic carbocycles. The molecule has 0 fully saturated rings. The summed E-state index contributed by atoms with van der Waals surface area (Å²) in [6.45, 7) is 1.28. The van der Waals surface area contributed by atoms with E-state index in [1.165, 1.54) is 53.6 Å². The zero-order valence-electron chi connectivity index (χ0n) is 22.7. The van der Waals surface area contributed by atoms with Crippen LogP contribution in [-0.4, -0.2) is 58.4 Å². The van der Waals surface area contributed by atoms with Gasteiger partial charge in [0, 0.05) is 38.8 Å². The summed E-state index contributed by atoms with van der Waals surface area (Å²) in [5, 5.41) is 10.9. The van der Waals surface area contributed by atoms with Gasteiger partial charge in [-0.25, -0.2) is 0 Å². The van der Waals surface area contributed by atoms with E-state index in [0.717, 1.165) is 5.56 Å². The number of methoxy groups -OCH3 is 4. The molecule has 1 aliphatic rings. The number of ketones is 1. The second-order valence-corrected chi connectivity index (χ2v) is 8.63. The summed E-state index contributed by atoms with van der Waals surface area (Å²) in [5.74, 6) is -2.17. The molecule has 212 valence electrons. The lowest BCUT2D eigenvalue weighted by Crippen LogP contribution is -2.30. The molecule has 0 aromatic heterocycles. The molecule has 0 saturated heterocycles. The number of esters is 1. The average Bonchev–Trinajstić information content (AvgIpc) is 3.41.